The molecule has 2 aliphatic heterocycles. The fourth-order valence-corrected chi connectivity index (χ4v) is 5.84. The highest BCUT2D eigenvalue weighted by Crippen LogP contribution is 2.41. The summed E-state index contributed by atoms with van der Waals surface area (Å²) in [5, 5.41) is 4.47. The first-order valence-corrected chi connectivity index (χ1v) is 16.0. The van der Waals surface area contributed by atoms with Gasteiger partial charge in [0.05, 0.1) is 18.8 Å². The number of aromatic nitrogens is 2. The van der Waals surface area contributed by atoms with Crippen LogP contribution in [0, 0.1) is 0 Å². The summed E-state index contributed by atoms with van der Waals surface area (Å²) in [5.74, 6) is -0.0849. The van der Waals surface area contributed by atoms with E-state index in [-0.39, 0.29) is 35.0 Å². The minimum Gasteiger partial charge on any atom is -0.409 e. The smallest absolute Gasteiger partial charge is 0.351 e. The van der Waals surface area contributed by atoms with Crippen molar-refractivity contribution in [2.45, 2.75) is 96.5 Å². The molecular weight excluding hydrogens is 504 g/mol. The zero-order valence-corrected chi connectivity index (χ0v) is 24.3. The molecule has 1 aromatic carbocycles. The summed E-state index contributed by atoms with van der Waals surface area (Å²) in [4.78, 5) is 34.7. The van der Waals surface area contributed by atoms with E-state index in [0.717, 1.165) is 5.56 Å². The predicted molar refractivity (Wildman–Crippen MR) is 146 cm³/mol. The topological polar surface area (TPSA) is 104 Å². The molecule has 208 valence electrons. The van der Waals surface area contributed by atoms with Crippen molar-refractivity contribution in [1.29, 1.82) is 0 Å². The van der Waals surface area contributed by atoms with Gasteiger partial charge in [-0.1, -0.05) is 51.1 Å². The largest absolute Gasteiger partial charge is 0.409 e. The minimum absolute atomic E-state index is 0.0215. The second kappa shape index (κ2) is 11.4. The van der Waals surface area contributed by atoms with E-state index in [1.807, 2.05) is 42.3 Å². The Morgan fingerprint density at radius 1 is 1.21 bits per heavy atom. The summed E-state index contributed by atoms with van der Waals surface area (Å²) < 4.78 is 20.5. The molecule has 1 N–H and O–H groups in total. The second-order valence-electron chi connectivity index (χ2n) is 11.5. The number of hydrogen-bond donors (Lipinski definition) is 1. The van der Waals surface area contributed by atoms with E-state index in [1.54, 1.807) is 12.3 Å². The Bertz CT molecular complexity index is 1170. The molecule has 0 unspecified atom stereocenters. The normalized spacial score (nSPS) is 26.9. The van der Waals surface area contributed by atoms with Crippen molar-refractivity contribution in [2.24, 2.45) is 0 Å². The third-order valence-corrected chi connectivity index (χ3v) is 12.0. The third-order valence-electron chi connectivity index (χ3n) is 7.54. The number of benzene rings is 1. The average Bonchev–Trinajstić information content (AvgIpc) is 3.22. The Morgan fingerprint density at radius 2 is 1.92 bits per heavy atom. The number of nitrogens with one attached hydrogen (secondary N) is 1. The fourth-order valence-electron chi connectivity index (χ4n) is 4.53. The van der Waals surface area contributed by atoms with Crippen LogP contribution in [0.15, 0.2) is 47.4 Å². The molecule has 0 aliphatic carbocycles. The van der Waals surface area contributed by atoms with E-state index in [0.29, 0.717) is 19.6 Å². The number of hydrogen-bond acceptors (Lipinski definition) is 8. The molecule has 4 rings (SSSR count). The Hall–Kier alpha value is -2.41. The van der Waals surface area contributed by atoms with Crippen LogP contribution in [-0.4, -0.2) is 60.0 Å². The lowest BCUT2D eigenvalue weighted by Gasteiger charge is -2.45. The van der Waals surface area contributed by atoms with Gasteiger partial charge in [-0.15, -0.1) is 0 Å². The highest BCUT2D eigenvalue weighted by atomic mass is 28.4. The van der Waals surface area contributed by atoms with Gasteiger partial charge in [0, 0.05) is 26.1 Å². The van der Waals surface area contributed by atoms with Gasteiger partial charge in [-0.3, -0.25) is 14.2 Å². The lowest BCUT2D eigenvalue weighted by Crippen LogP contribution is -2.57. The number of ether oxygens (including phenoxy) is 2. The maximum Gasteiger partial charge on any atom is 0.351 e. The number of amides is 1. The maximum atomic E-state index is 12.9. The van der Waals surface area contributed by atoms with Crippen LogP contribution < -0.4 is 11.0 Å². The first-order chi connectivity index (χ1) is 17.8. The molecule has 1 aromatic heterocycles. The number of carbonyl (C=O) groups is 1. The van der Waals surface area contributed by atoms with Crippen LogP contribution in [0.4, 0.5) is 5.82 Å². The standard InChI is InChI=1S/C27H40N4O6Si/c1-18(32)28-23-13-14-30(26(33)29-23)24-15-21(31(36-24)16-20-11-9-8-10-12-20)25-22(17-34-19(2)35-25)37-38(6,7)27(3,4)5/h8-14,19,21-22,24-25H,15-17H2,1-7H3,(H,28,29,32,33)/t19-,21+,22-,24+,25+/m1/s1. The van der Waals surface area contributed by atoms with Gasteiger partial charge in [0.2, 0.25) is 5.91 Å². The molecule has 0 saturated carbocycles. The van der Waals surface area contributed by atoms with Crippen LogP contribution in [0.25, 0.3) is 0 Å². The zero-order chi connectivity index (χ0) is 27.7. The van der Waals surface area contributed by atoms with Crippen LogP contribution in [-0.2, 0) is 30.1 Å². The van der Waals surface area contributed by atoms with E-state index >= 15 is 0 Å². The quantitative estimate of drug-likeness (QED) is 0.521. The molecule has 1 amide bonds. The summed E-state index contributed by atoms with van der Waals surface area (Å²) in [6.07, 6.45) is 0.496. The lowest BCUT2D eigenvalue weighted by molar-refractivity contribution is -0.274. The van der Waals surface area contributed by atoms with Crippen molar-refractivity contribution in [2.75, 3.05) is 11.9 Å². The van der Waals surface area contributed by atoms with Crippen molar-refractivity contribution in [3.8, 4) is 0 Å². The van der Waals surface area contributed by atoms with Crippen LogP contribution in [0.2, 0.25) is 18.1 Å². The monoisotopic (exact) mass is 544 g/mol. The molecule has 38 heavy (non-hydrogen) atoms. The number of anilines is 1. The van der Waals surface area contributed by atoms with Gasteiger partial charge in [-0.25, -0.2) is 4.79 Å². The van der Waals surface area contributed by atoms with Crippen LogP contribution in [0.5, 0.6) is 0 Å². The summed E-state index contributed by atoms with van der Waals surface area (Å²) in [5.41, 5.74) is 0.573. The Morgan fingerprint density at radius 3 is 2.55 bits per heavy atom. The van der Waals surface area contributed by atoms with Gasteiger partial charge in [-0.05, 0) is 36.7 Å². The van der Waals surface area contributed by atoms with E-state index in [9.17, 15) is 9.59 Å². The Balaban J connectivity index is 1.64. The van der Waals surface area contributed by atoms with Crippen LogP contribution in [0.1, 0.15) is 52.8 Å². The first-order valence-electron chi connectivity index (χ1n) is 13.1. The highest BCUT2D eigenvalue weighted by Gasteiger charge is 2.49. The molecule has 2 aromatic rings. The van der Waals surface area contributed by atoms with Crippen LogP contribution >= 0.6 is 0 Å². The van der Waals surface area contributed by atoms with E-state index in [4.69, 9.17) is 18.7 Å². The maximum absolute atomic E-state index is 12.9. The van der Waals surface area contributed by atoms with Gasteiger partial charge in [0.25, 0.3) is 0 Å². The molecule has 2 fully saturated rings. The minimum atomic E-state index is -2.13. The van der Waals surface area contributed by atoms with E-state index < -0.39 is 26.5 Å². The van der Waals surface area contributed by atoms with Crippen molar-refractivity contribution >= 4 is 20.0 Å². The number of carbonyl (C=O) groups excluding carboxylic acids is 1. The van der Waals surface area contributed by atoms with Crippen molar-refractivity contribution in [3.05, 3.63) is 58.6 Å². The van der Waals surface area contributed by atoms with E-state index in [2.05, 4.69) is 44.2 Å². The van der Waals surface area contributed by atoms with Gasteiger partial charge < -0.3 is 19.2 Å². The lowest BCUT2D eigenvalue weighted by atomic mass is 10.0. The molecule has 0 radical (unpaired) electrons. The number of rotatable bonds is 7. The molecule has 0 spiro atoms. The molecule has 11 heteroatoms. The first kappa shape index (κ1) is 28.6. The summed E-state index contributed by atoms with van der Waals surface area (Å²) in [6.45, 7) is 15.3. The number of hydroxylamine groups is 2. The van der Waals surface area contributed by atoms with Gasteiger partial charge in [-0.2, -0.15) is 10.0 Å². The molecule has 3 heterocycles. The van der Waals surface area contributed by atoms with Crippen LogP contribution in [0.3, 0.4) is 0 Å². The SMILES string of the molecule is CC(=O)Nc1ccn([C@@H]2C[C@@H]([C@@H]3O[C@H](C)OC[C@H]3O[Si](C)(C)C(C)(C)C)N(Cc3ccccc3)O2)c(=O)n1. The van der Waals surface area contributed by atoms with Crippen molar-refractivity contribution < 1.29 is 23.5 Å². The molecule has 2 saturated heterocycles. The highest BCUT2D eigenvalue weighted by molar-refractivity contribution is 6.74. The Kier molecular flexibility index (Phi) is 8.55. The van der Waals surface area contributed by atoms with Gasteiger partial charge in [0.1, 0.15) is 11.9 Å². The fraction of sp³-hybridized carbons (Fsp3) is 0.593. The molecular formula is C27H40N4O6Si. The summed E-state index contributed by atoms with van der Waals surface area (Å²) in [7, 11) is -2.13. The second-order valence-corrected chi connectivity index (χ2v) is 16.3. The summed E-state index contributed by atoms with van der Waals surface area (Å²) in [6, 6.07) is 11.4. The molecule has 10 nitrogen and oxygen atoms in total. The molecule has 0 bridgehead atoms. The zero-order valence-electron chi connectivity index (χ0n) is 23.3. The summed E-state index contributed by atoms with van der Waals surface area (Å²) >= 11 is 0. The molecule has 2 aliphatic rings. The van der Waals surface area contributed by atoms with Crippen molar-refractivity contribution in [1.82, 2.24) is 14.6 Å². The van der Waals surface area contributed by atoms with Crippen molar-refractivity contribution in [3.63, 3.8) is 0 Å². The predicted octanol–water partition coefficient (Wildman–Crippen LogP) is 4.06. The average molecular weight is 545 g/mol. The van der Waals surface area contributed by atoms with Gasteiger partial charge >= 0.3 is 5.69 Å². The number of nitrogens with zero attached hydrogens (tertiary/aromatic N) is 3. The third kappa shape index (κ3) is 6.59. The van der Waals surface area contributed by atoms with Gasteiger partial charge in [0.15, 0.2) is 20.8 Å². The molecule has 5 atom stereocenters. The van der Waals surface area contributed by atoms with E-state index in [1.165, 1.54) is 11.5 Å². The Labute approximate surface area is 225 Å².